The van der Waals surface area contributed by atoms with Gasteiger partial charge in [-0.15, -0.1) is 0 Å². The number of anilines is 1. The molecule has 0 aliphatic carbocycles. The zero-order chi connectivity index (χ0) is 16.3. The highest BCUT2D eigenvalue weighted by atomic mass is 35.5. The number of rotatable bonds is 3. The number of halogens is 1. The normalized spacial score (nSPS) is 18.1. The fourth-order valence-electron chi connectivity index (χ4n) is 2.44. The third kappa shape index (κ3) is 3.99. The van der Waals surface area contributed by atoms with Crippen molar-refractivity contribution >= 4 is 29.7 Å². The molecule has 120 valence electrons. The number of hydrogen-bond acceptors (Lipinski definition) is 4. The molecule has 1 saturated heterocycles. The van der Waals surface area contributed by atoms with Crippen LogP contribution >= 0.6 is 11.6 Å². The van der Waals surface area contributed by atoms with Gasteiger partial charge in [-0.25, -0.2) is 4.79 Å². The van der Waals surface area contributed by atoms with Crippen molar-refractivity contribution in [3.63, 3.8) is 0 Å². The first-order valence-corrected chi connectivity index (χ1v) is 7.67. The Morgan fingerprint density at radius 2 is 2.18 bits per heavy atom. The zero-order valence-corrected chi connectivity index (χ0v) is 13.8. The van der Waals surface area contributed by atoms with Gasteiger partial charge in [0.2, 0.25) is 0 Å². The van der Waals surface area contributed by atoms with Crippen LogP contribution in [0, 0.1) is 0 Å². The highest BCUT2D eigenvalue weighted by molar-refractivity contribution is 6.31. The minimum atomic E-state index is -0.610. The van der Waals surface area contributed by atoms with Crippen molar-refractivity contribution in [2.45, 2.75) is 38.8 Å². The van der Waals surface area contributed by atoms with Crippen LogP contribution in [0.25, 0.3) is 0 Å². The second-order valence-electron chi connectivity index (χ2n) is 6.32. The number of nitrogens with one attached hydrogen (secondary N) is 1. The Balaban J connectivity index is 2.42. The maximum atomic E-state index is 12.6. The summed E-state index contributed by atoms with van der Waals surface area (Å²) in [5, 5.41) is 3.69. The largest absolute Gasteiger partial charge is 0.443 e. The third-order valence-corrected chi connectivity index (χ3v) is 3.60. The van der Waals surface area contributed by atoms with Crippen LogP contribution in [0.2, 0.25) is 5.02 Å². The van der Waals surface area contributed by atoms with Gasteiger partial charge >= 0.3 is 6.09 Å². The van der Waals surface area contributed by atoms with E-state index in [0.29, 0.717) is 22.8 Å². The number of carbonyl (C=O) groups is 2. The van der Waals surface area contributed by atoms with Gasteiger partial charge < -0.3 is 10.1 Å². The molecule has 1 heterocycles. The Kier molecular flexibility index (Phi) is 5.08. The fraction of sp³-hybridized carbons (Fsp3) is 0.500. The first kappa shape index (κ1) is 16.8. The van der Waals surface area contributed by atoms with Crippen LogP contribution in [0.4, 0.5) is 10.5 Å². The fourth-order valence-corrected chi connectivity index (χ4v) is 2.61. The lowest BCUT2D eigenvalue weighted by molar-refractivity contribution is 0.0568. The Morgan fingerprint density at radius 1 is 1.45 bits per heavy atom. The third-order valence-electron chi connectivity index (χ3n) is 3.37. The van der Waals surface area contributed by atoms with E-state index in [9.17, 15) is 9.59 Å². The molecule has 0 unspecified atom stereocenters. The number of nitrogens with zero attached hydrogens (tertiary/aromatic N) is 1. The lowest BCUT2D eigenvalue weighted by atomic mass is 10.1. The van der Waals surface area contributed by atoms with Crippen molar-refractivity contribution in [3.05, 3.63) is 28.8 Å². The van der Waals surface area contributed by atoms with Gasteiger partial charge in [0, 0.05) is 17.1 Å². The van der Waals surface area contributed by atoms with E-state index < -0.39 is 11.7 Å². The maximum absolute atomic E-state index is 12.6. The number of hydrogen-bond donors (Lipinski definition) is 1. The minimum absolute atomic E-state index is 0.0629. The summed E-state index contributed by atoms with van der Waals surface area (Å²) in [6.45, 7) is 6.92. The second kappa shape index (κ2) is 6.67. The monoisotopic (exact) mass is 324 g/mol. The summed E-state index contributed by atoms with van der Waals surface area (Å²) in [6.07, 6.45) is 1.06. The first-order valence-electron chi connectivity index (χ1n) is 7.29. The Morgan fingerprint density at radius 3 is 2.73 bits per heavy atom. The molecule has 0 saturated carbocycles. The summed E-state index contributed by atoms with van der Waals surface area (Å²) in [5.74, 6) is 0. The molecule has 22 heavy (non-hydrogen) atoms. The second-order valence-corrected chi connectivity index (χ2v) is 6.75. The van der Waals surface area contributed by atoms with E-state index >= 15 is 0 Å². The number of benzene rings is 1. The van der Waals surface area contributed by atoms with E-state index in [0.717, 1.165) is 19.3 Å². The van der Waals surface area contributed by atoms with Gasteiger partial charge in [0.1, 0.15) is 5.60 Å². The van der Waals surface area contributed by atoms with Crippen molar-refractivity contribution in [2.75, 3.05) is 18.0 Å². The Bertz CT molecular complexity index is 563. The molecule has 1 N–H and O–H groups in total. The number of ether oxygens (including phenoxy) is 1. The molecule has 0 aromatic heterocycles. The molecule has 1 aromatic carbocycles. The molecule has 1 aliphatic rings. The molecule has 1 aromatic rings. The van der Waals surface area contributed by atoms with E-state index in [1.54, 1.807) is 23.1 Å². The quantitative estimate of drug-likeness (QED) is 0.867. The van der Waals surface area contributed by atoms with E-state index in [1.807, 2.05) is 20.8 Å². The Labute approximate surface area is 135 Å². The topological polar surface area (TPSA) is 58.6 Å². The van der Waals surface area contributed by atoms with E-state index in [2.05, 4.69) is 5.32 Å². The van der Waals surface area contributed by atoms with Crippen molar-refractivity contribution in [1.82, 2.24) is 5.32 Å². The summed E-state index contributed by atoms with van der Waals surface area (Å²) in [7, 11) is 0. The minimum Gasteiger partial charge on any atom is -0.443 e. The molecular weight excluding hydrogens is 304 g/mol. The summed E-state index contributed by atoms with van der Waals surface area (Å²) >= 11 is 6.05. The predicted molar refractivity (Wildman–Crippen MR) is 86.8 cm³/mol. The van der Waals surface area contributed by atoms with Gasteiger partial charge in [0.05, 0.1) is 11.7 Å². The number of carbonyl (C=O) groups excluding carboxylic acids is 2. The molecule has 2 rings (SSSR count). The number of aldehydes is 1. The summed E-state index contributed by atoms with van der Waals surface area (Å²) < 4.78 is 5.51. The highest BCUT2D eigenvalue weighted by Gasteiger charge is 2.32. The van der Waals surface area contributed by atoms with Crippen molar-refractivity contribution < 1.29 is 14.3 Å². The zero-order valence-electron chi connectivity index (χ0n) is 13.1. The van der Waals surface area contributed by atoms with Crippen LogP contribution in [0.5, 0.6) is 0 Å². The van der Waals surface area contributed by atoms with Crippen LogP contribution in [0.3, 0.4) is 0 Å². The predicted octanol–water partition coefficient (Wildman–Crippen LogP) is 3.26. The summed E-state index contributed by atoms with van der Waals surface area (Å²) in [4.78, 5) is 25.5. The van der Waals surface area contributed by atoms with E-state index in [1.165, 1.54) is 0 Å². The van der Waals surface area contributed by atoms with Gasteiger partial charge in [-0.1, -0.05) is 11.6 Å². The maximum Gasteiger partial charge on any atom is 0.415 e. The van der Waals surface area contributed by atoms with Crippen molar-refractivity contribution in [2.24, 2.45) is 0 Å². The lowest BCUT2D eigenvalue weighted by Crippen LogP contribution is -2.45. The van der Waals surface area contributed by atoms with Crippen molar-refractivity contribution in [1.29, 1.82) is 0 Å². The molecule has 5 nitrogen and oxygen atoms in total. The van der Waals surface area contributed by atoms with Gasteiger partial charge in [0.15, 0.2) is 6.29 Å². The summed E-state index contributed by atoms with van der Waals surface area (Å²) in [6, 6.07) is 4.82. The Hall–Kier alpha value is -1.59. The average molecular weight is 325 g/mol. The standard InChI is InChI=1S/C16H21ClN2O3/c1-16(2,3)22-15(21)19(13-6-7-18-9-13)14-8-12(17)5-4-11(14)10-20/h4-5,8,10,13,18H,6-7,9H2,1-3H3/t13-/m0/s1. The summed E-state index contributed by atoms with van der Waals surface area (Å²) in [5.41, 5.74) is 0.300. The smallest absolute Gasteiger partial charge is 0.415 e. The lowest BCUT2D eigenvalue weighted by Gasteiger charge is -2.32. The number of amides is 1. The molecular formula is C16H21ClN2O3. The van der Waals surface area contributed by atoms with E-state index in [-0.39, 0.29) is 6.04 Å². The average Bonchev–Trinajstić information content (AvgIpc) is 2.91. The molecule has 6 heteroatoms. The van der Waals surface area contributed by atoms with Gasteiger partial charge in [-0.3, -0.25) is 9.69 Å². The van der Waals surface area contributed by atoms with E-state index in [4.69, 9.17) is 16.3 Å². The van der Waals surface area contributed by atoms with Crippen LogP contribution < -0.4 is 10.2 Å². The molecule has 0 bridgehead atoms. The van der Waals surface area contributed by atoms with Crippen LogP contribution in [0.1, 0.15) is 37.6 Å². The molecule has 1 fully saturated rings. The van der Waals surface area contributed by atoms with Gasteiger partial charge in [-0.2, -0.15) is 0 Å². The van der Waals surface area contributed by atoms with Crippen molar-refractivity contribution in [3.8, 4) is 0 Å². The molecule has 1 amide bonds. The first-order chi connectivity index (χ1) is 10.3. The highest BCUT2D eigenvalue weighted by Crippen LogP contribution is 2.29. The van der Waals surface area contributed by atoms with Gasteiger partial charge in [0.25, 0.3) is 0 Å². The SMILES string of the molecule is CC(C)(C)OC(=O)N(c1cc(Cl)ccc1C=O)[C@H]1CCNC1. The molecule has 0 spiro atoms. The van der Waals surface area contributed by atoms with Crippen LogP contribution in [-0.2, 0) is 4.74 Å². The molecule has 0 radical (unpaired) electrons. The van der Waals surface area contributed by atoms with Gasteiger partial charge in [-0.05, 0) is 51.9 Å². The molecule has 1 aliphatic heterocycles. The van der Waals surface area contributed by atoms with Crippen LogP contribution in [0.15, 0.2) is 18.2 Å². The molecule has 1 atom stereocenters. The van der Waals surface area contributed by atoms with Crippen LogP contribution in [-0.4, -0.2) is 37.1 Å².